The number of piperazine rings is 1. The molecule has 1 amide bonds. The number of unbranched alkanes of at least 4 members (excludes halogenated alkanes) is 7. The van der Waals surface area contributed by atoms with E-state index in [1.807, 2.05) is 43.3 Å². The summed E-state index contributed by atoms with van der Waals surface area (Å²) >= 11 is 12.6. The van der Waals surface area contributed by atoms with Gasteiger partial charge >= 0.3 is 6.09 Å². The summed E-state index contributed by atoms with van der Waals surface area (Å²) in [5.74, 6) is 0.694. The van der Waals surface area contributed by atoms with Crippen LogP contribution in [0, 0.1) is 0 Å². The van der Waals surface area contributed by atoms with Crippen molar-refractivity contribution in [2.24, 2.45) is 0 Å². The second-order valence-corrected chi connectivity index (χ2v) is 12.8. The van der Waals surface area contributed by atoms with Gasteiger partial charge in [0.25, 0.3) is 5.56 Å². The molecule has 0 spiro atoms. The number of ether oxygens (including phenoxy) is 2. The van der Waals surface area contributed by atoms with Crippen molar-refractivity contribution in [1.82, 2.24) is 14.4 Å². The Morgan fingerprint density at radius 2 is 1.61 bits per heavy atom. The van der Waals surface area contributed by atoms with Crippen molar-refractivity contribution in [3.8, 4) is 5.75 Å². The summed E-state index contributed by atoms with van der Waals surface area (Å²) in [5.41, 5.74) is 1.47. The zero-order valence-electron chi connectivity index (χ0n) is 27.5. The van der Waals surface area contributed by atoms with Crippen molar-refractivity contribution >= 4 is 45.9 Å². The highest BCUT2D eigenvalue weighted by atomic mass is 35.5. The largest absolute Gasteiger partial charge is 0.494 e. The molecular weight excluding hydrogens is 623 g/mol. The zero-order chi connectivity index (χ0) is 32.7. The van der Waals surface area contributed by atoms with Gasteiger partial charge in [0, 0.05) is 51.4 Å². The lowest BCUT2D eigenvalue weighted by Gasteiger charge is -2.36. The Morgan fingerprint density at radius 1 is 0.870 bits per heavy atom. The number of benzene rings is 2. The van der Waals surface area contributed by atoms with Crippen LogP contribution in [-0.2, 0) is 11.5 Å². The van der Waals surface area contributed by atoms with Crippen LogP contribution in [0.2, 0.25) is 10.0 Å². The third kappa shape index (κ3) is 10.5. The first-order valence-electron chi connectivity index (χ1n) is 17.0. The van der Waals surface area contributed by atoms with Crippen LogP contribution in [-0.4, -0.2) is 72.9 Å². The Morgan fingerprint density at radius 3 is 2.37 bits per heavy atom. The van der Waals surface area contributed by atoms with Crippen LogP contribution in [0.3, 0.4) is 0 Å². The topological polar surface area (TPSA) is 67.2 Å². The Kier molecular flexibility index (Phi) is 14.8. The maximum atomic E-state index is 12.8. The zero-order valence-corrected chi connectivity index (χ0v) is 29.0. The van der Waals surface area contributed by atoms with Crippen LogP contribution in [0.15, 0.2) is 53.3 Å². The molecule has 1 fully saturated rings. The van der Waals surface area contributed by atoms with Crippen molar-refractivity contribution in [3.63, 3.8) is 0 Å². The van der Waals surface area contributed by atoms with E-state index in [1.165, 1.54) is 42.7 Å². The predicted molar refractivity (Wildman–Crippen MR) is 190 cm³/mol. The maximum Gasteiger partial charge on any atom is 0.411 e. The smallest absolute Gasteiger partial charge is 0.411 e. The first-order chi connectivity index (χ1) is 22.4. The quantitative estimate of drug-likeness (QED) is 0.126. The molecule has 252 valence electrons. The number of carbonyl (C=O) groups is 1. The summed E-state index contributed by atoms with van der Waals surface area (Å²) in [7, 11) is 0. The molecule has 3 aromatic rings. The van der Waals surface area contributed by atoms with Gasteiger partial charge in [0.1, 0.15) is 5.75 Å². The number of aromatic nitrogens is 1. The van der Waals surface area contributed by atoms with Gasteiger partial charge in [-0.3, -0.25) is 14.3 Å². The SMILES string of the molecule is CCCCCCCCCN(CC)C(=O)OCn1c(=O)ccc2ccc(OCCCCN3CCN(c4cccc(Cl)c4Cl)CC3)cc21. The molecule has 0 atom stereocenters. The number of anilines is 1. The lowest BCUT2D eigenvalue weighted by molar-refractivity contribution is 0.0770. The van der Waals surface area contributed by atoms with Gasteiger partial charge < -0.3 is 19.3 Å². The van der Waals surface area contributed by atoms with Gasteiger partial charge in [-0.25, -0.2) is 4.79 Å². The molecule has 4 rings (SSSR count). The molecule has 0 radical (unpaired) electrons. The summed E-state index contributed by atoms with van der Waals surface area (Å²) in [6, 6.07) is 14.8. The van der Waals surface area contributed by atoms with Gasteiger partial charge in [0.15, 0.2) is 6.73 Å². The molecule has 8 nitrogen and oxygen atoms in total. The number of hydrogen-bond donors (Lipinski definition) is 0. The van der Waals surface area contributed by atoms with E-state index in [-0.39, 0.29) is 18.4 Å². The van der Waals surface area contributed by atoms with Gasteiger partial charge in [0.2, 0.25) is 0 Å². The molecule has 1 saturated heterocycles. The fourth-order valence-corrected chi connectivity index (χ4v) is 6.33. The van der Waals surface area contributed by atoms with Crippen molar-refractivity contribution in [2.45, 2.75) is 78.4 Å². The molecule has 0 aliphatic carbocycles. The highest BCUT2D eigenvalue weighted by Crippen LogP contribution is 2.33. The summed E-state index contributed by atoms with van der Waals surface area (Å²) in [6.45, 7) is 10.7. The van der Waals surface area contributed by atoms with E-state index < -0.39 is 0 Å². The Hall–Kier alpha value is -2.94. The van der Waals surface area contributed by atoms with Gasteiger partial charge in [-0.15, -0.1) is 0 Å². The second-order valence-electron chi connectivity index (χ2n) is 12.0. The normalized spacial score (nSPS) is 13.7. The van der Waals surface area contributed by atoms with Crippen LogP contribution in [0.5, 0.6) is 5.75 Å². The molecule has 2 aromatic carbocycles. The summed E-state index contributed by atoms with van der Waals surface area (Å²) in [5, 5.41) is 2.10. The van der Waals surface area contributed by atoms with E-state index in [1.54, 1.807) is 11.0 Å². The lowest BCUT2D eigenvalue weighted by Crippen LogP contribution is -2.46. The van der Waals surface area contributed by atoms with E-state index >= 15 is 0 Å². The van der Waals surface area contributed by atoms with Crippen LogP contribution in [0.25, 0.3) is 10.9 Å². The van der Waals surface area contributed by atoms with Crippen LogP contribution >= 0.6 is 23.2 Å². The minimum absolute atomic E-state index is 0.136. The highest BCUT2D eigenvalue weighted by molar-refractivity contribution is 6.43. The Balaban J connectivity index is 1.20. The highest BCUT2D eigenvalue weighted by Gasteiger charge is 2.19. The molecule has 0 saturated carbocycles. The van der Waals surface area contributed by atoms with Gasteiger partial charge in [0.05, 0.1) is 27.9 Å². The third-order valence-electron chi connectivity index (χ3n) is 8.73. The molecular formula is C36H50Cl2N4O4. The standard InChI is InChI=1S/C36H50Cl2N4O4/c1-3-5-6-7-8-9-10-21-40(4-2)36(44)46-28-42-33-27-30(18-16-29(33)17-19-34(42)43)45-26-12-11-20-39-22-24-41(25-23-39)32-15-13-14-31(37)35(32)38/h13-19,27H,3-12,20-26,28H2,1-2H3. The molecule has 1 aromatic heterocycles. The van der Waals surface area contributed by atoms with Gasteiger partial charge in [-0.05, 0) is 68.4 Å². The number of rotatable bonds is 18. The predicted octanol–water partition coefficient (Wildman–Crippen LogP) is 8.46. The Bertz CT molecular complexity index is 1440. The third-order valence-corrected chi connectivity index (χ3v) is 9.54. The van der Waals surface area contributed by atoms with E-state index in [4.69, 9.17) is 32.7 Å². The van der Waals surface area contributed by atoms with Crippen LogP contribution in [0.4, 0.5) is 10.5 Å². The van der Waals surface area contributed by atoms with Gasteiger partial charge in [-0.1, -0.05) is 74.7 Å². The molecule has 10 heteroatoms. The van der Waals surface area contributed by atoms with E-state index in [9.17, 15) is 9.59 Å². The average Bonchev–Trinajstić information content (AvgIpc) is 3.07. The number of pyridine rings is 1. The maximum absolute atomic E-state index is 12.8. The average molecular weight is 674 g/mol. The minimum atomic E-state index is -0.389. The molecule has 0 unspecified atom stereocenters. The molecule has 1 aliphatic heterocycles. The molecule has 1 aliphatic rings. The summed E-state index contributed by atoms with van der Waals surface area (Å²) < 4.78 is 13.2. The van der Waals surface area contributed by atoms with Crippen molar-refractivity contribution in [3.05, 3.63) is 68.9 Å². The van der Waals surface area contributed by atoms with Crippen LogP contribution < -0.4 is 15.2 Å². The number of amides is 1. The molecule has 0 N–H and O–H groups in total. The molecule has 2 heterocycles. The number of carbonyl (C=O) groups excluding carboxylic acids is 1. The molecule has 46 heavy (non-hydrogen) atoms. The number of fused-ring (bicyclic) bond motifs is 1. The van der Waals surface area contributed by atoms with Crippen molar-refractivity contribution in [1.29, 1.82) is 0 Å². The van der Waals surface area contributed by atoms with Crippen molar-refractivity contribution in [2.75, 3.05) is 57.3 Å². The summed E-state index contributed by atoms with van der Waals surface area (Å²) in [6.07, 6.45) is 9.88. The summed E-state index contributed by atoms with van der Waals surface area (Å²) in [4.78, 5) is 32.1. The number of halogens is 2. The van der Waals surface area contributed by atoms with Gasteiger partial charge in [-0.2, -0.15) is 0 Å². The van der Waals surface area contributed by atoms with E-state index in [0.717, 1.165) is 69.5 Å². The minimum Gasteiger partial charge on any atom is -0.494 e. The number of nitrogens with zero attached hydrogens (tertiary/aromatic N) is 4. The van der Waals surface area contributed by atoms with Crippen LogP contribution in [0.1, 0.15) is 71.6 Å². The van der Waals surface area contributed by atoms with E-state index in [2.05, 4.69) is 16.7 Å². The van der Waals surface area contributed by atoms with Crippen molar-refractivity contribution < 1.29 is 14.3 Å². The second kappa shape index (κ2) is 19.0. The van der Waals surface area contributed by atoms with E-state index in [0.29, 0.717) is 41.0 Å². The fraction of sp³-hybridized carbons (Fsp3) is 0.556. The monoisotopic (exact) mass is 672 g/mol. The Labute approximate surface area is 284 Å². The fourth-order valence-electron chi connectivity index (χ4n) is 5.92. The number of hydrogen-bond acceptors (Lipinski definition) is 6. The first kappa shape index (κ1) is 35.9. The molecule has 0 bridgehead atoms. The lowest BCUT2D eigenvalue weighted by atomic mass is 10.1. The first-order valence-corrected chi connectivity index (χ1v) is 17.8.